The Morgan fingerprint density at radius 3 is 2.50 bits per heavy atom. The topological polar surface area (TPSA) is 130 Å². The molecule has 2 N–H and O–H groups in total. The molecule has 2 aromatic heterocycles. The van der Waals surface area contributed by atoms with Crippen LogP contribution >= 0.6 is 23.2 Å². The number of aryl methyl sites for hydroxylation is 1. The monoisotopic (exact) mass is 492 g/mol. The summed E-state index contributed by atoms with van der Waals surface area (Å²) in [5, 5.41) is 8.46. The molecule has 0 radical (unpaired) electrons. The van der Waals surface area contributed by atoms with Gasteiger partial charge in [-0.1, -0.05) is 46.6 Å². The van der Waals surface area contributed by atoms with E-state index in [0.29, 0.717) is 19.7 Å². The highest BCUT2D eigenvalue weighted by molar-refractivity contribution is 7.90. The number of nitrogen functional groups attached to an aromatic ring is 1. The number of hydrogen-bond donors (Lipinski definition) is 1. The van der Waals surface area contributed by atoms with Crippen LogP contribution in [0.25, 0.3) is 11.3 Å². The molecule has 0 atom stereocenters. The summed E-state index contributed by atoms with van der Waals surface area (Å²) in [5.74, 6) is -1.26. The molecule has 4 rings (SSSR count). The number of halogens is 2. The van der Waals surface area contributed by atoms with Crippen LogP contribution in [0.3, 0.4) is 0 Å². The maximum Gasteiger partial charge on any atom is 0.350 e. The van der Waals surface area contributed by atoms with Gasteiger partial charge in [-0.3, -0.25) is 0 Å². The van der Waals surface area contributed by atoms with Gasteiger partial charge >= 0.3 is 5.97 Å². The quantitative estimate of drug-likeness (QED) is 0.410. The second-order valence-electron chi connectivity index (χ2n) is 6.54. The molecule has 9 nitrogen and oxygen atoms in total. The molecule has 2 heterocycles. The van der Waals surface area contributed by atoms with Crippen LogP contribution in [0.4, 0.5) is 5.82 Å². The molecule has 12 heteroatoms. The fourth-order valence-electron chi connectivity index (χ4n) is 2.90. The van der Waals surface area contributed by atoms with Crippen LogP contribution < -0.4 is 10.5 Å². The average molecular weight is 493 g/mol. The van der Waals surface area contributed by atoms with Crippen LogP contribution in [0.15, 0.2) is 64.0 Å². The minimum Gasteiger partial charge on any atom is -0.402 e. The molecular weight excluding hydrogens is 479 g/mol. The number of nitrogens with two attached hydrogens (primary N) is 1. The molecule has 0 aliphatic carbocycles. The van der Waals surface area contributed by atoms with Gasteiger partial charge in [0.15, 0.2) is 0 Å². The number of anilines is 1. The van der Waals surface area contributed by atoms with Crippen molar-refractivity contribution in [2.45, 2.75) is 11.8 Å². The predicted molar refractivity (Wildman–Crippen MR) is 117 cm³/mol. The minimum atomic E-state index is -4.14. The van der Waals surface area contributed by atoms with Crippen molar-refractivity contribution in [1.29, 1.82) is 0 Å². The first kappa shape index (κ1) is 21.9. The Bertz CT molecular complexity index is 1430. The molecule has 0 amide bonds. The van der Waals surface area contributed by atoms with Crippen molar-refractivity contribution in [1.82, 2.24) is 14.3 Å². The molecule has 2 aromatic carbocycles. The lowest BCUT2D eigenvalue weighted by atomic mass is 10.1. The zero-order valence-corrected chi connectivity index (χ0v) is 18.6. The zero-order valence-electron chi connectivity index (χ0n) is 16.3. The van der Waals surface area contributed by atoms with Crippen LogP contribution in [0, 0.1) is 6.92 Å². The predicted octanol–water partition coefficient (Wildman–Crippen LogP) is 4.19. The summed E-state index contributed by atoms with van der Waals surface area (Å²) in [6.45, 7) is 1.53. The Balaban J connectivity index is 1.66. The standard InChI is InChI=1S/C20H14Cl2N4O5S/c1-11-18(19(25-31-11)14-4-2-3-5-15(14)22)20(27)30-17-10-16(23)26(24-17)32(28,29)13-8-6-12(21)7-9-13/h2-10H,23H2,1H3. The van der Waals surface area contributed by atoms with E-state index in [1.165, 1.54) is 31.2 Å². The number of hydrogen-bond acceptors (Lipinski definition) is 8. The second-order valence-corrected chi connectivity index (χ2v) is 9.15. The SMILES string of the molecule is Cc1onc(-c2ccccc2Cl)c1C(=O)Oc1cc(N)n(S(=O)(=O)c2ccc(Cl)cc2)n1. The van der Waals surface area contributed by atoms with Gasteiger partial charge < -0.3 is 15.0 Å². The molecule has 0 aliphatic heterocycles. The molecular formula is C20H14Cl2N4O5S. The summed E-state index contributed by atoms with van der Waals surface area (Å²) >= 11 is 12.0. The maximum absolute atomic E-state index is 12.9. The third kappa shape index (κ3) is 3.95. The van der Waals surface area contributed by atoms with Crippen molar-refractivity contribution in [3.63, 3.8) is 0 Å². The largest absolute Gasteiger partial charge is 0.402 e. The molecule has 164 valence electrons. The minimum absolute atomic E-state index is 0.0202. The van der Waals surface area contributed by atoms with Crippen molar-refractivity contribution in [3.8, 4) is 17.1 Å². The average Bonchev–Trinajstić information content (AvgIpc) is 3.31. The van der Waals surface area contributed by atoms with E-state index in [4.69, 9.17) is 38.2 Å². The lowest BCUT2D eigenvalue weighted by Crippen LogP contribution is -2.17. The first-order chi connectivity index (χ1) is 15.2. The number of aromatic nitrogens is 3. The summed E-state index contributed by atoms with van der Waals surface area (Å²) in [6.07, 6.45) is 0. The highest BCUT2D eigenvalue weighted by Gasteiger charge is 2.27. The van der Waals surface area contributed by atoms with E-state index in [2.05, 4.69) is 10.3 Å². The maximum atomic E-state index is 12.9. The van der Waals surface area contributed by atoms with Gasteiger partial charge in [-0.25, -0.2) is 4.79 Å². The van der Waals surface area contributed by atoms with Gasteiger partial charge in [-0.05, 0) is 37.3 Å². The molecule has 0 saturated carbocycles. The number of benzene rings is 2. The van der Waals surface area contributed by atoms with E-state index >= 15 is 0 Å². The van der Waals surface area contributed by atoms with E-state index < -0.39 is 16.0 Å². The highest BCUT2D eigenvalue weighted by atomic mass is 35.5. The van der Waals surface area contributed by atoms with E-state index in [1.807, 2.05) is 0 Å². The van der Waals surface area contributed by atoms with Crippen LogP contribution in [0.2, 0.25) is 10.0 Å². The van der Waals surface area contributed by atoms with Crippen LogP contribution in [0.1, 0.15) is 16.1 Å². The Labute approximate surface area is 192 Å². The Morgan fingerprint density at radius 2 is 1.81 bits per heavy atom. The number of rotatable bonds is 5. The van der Waals surface area contributed by atoms with Crippen LogP contribution in [0.5, 0.6) is 5.88 Å². The fraction of sp³-hybridized carbons (Fsp3) is 0.0500. The van der Waals surface area contributed by atoms with Gasteiger partial charge in [0.25, 0.3) is 10.0 Å². The molecule has 32 heavy (non-hydrogen) atoms. The summed E-state index contributed by atoms with van der Waals surface area (Å²) in [7, 11) is -4.14. The van der Waals surface area contributed by atoms with Gasteiger partial charge in [-0.2, -0.15) is 8.42 Å². The van der Waals surface area contributed by atoms with Gasteiger partial charge in [0.2, 0.25) is 5.88 Å². The summed E-state index contributed by atoms with van der Waals surface area (Å²) in [6, 6.07) is 13.3. The second kappa shape index (κ2) is 8.30. The van der Waals surface area contributed by atoms with Crippen molar-refractivity contribution >= 4 is 45.0 Å². The first-order valence-corrected chi connectivity index (χ1v) is 11.2. The molecule has 0 spiro atoms. The smallest absolute Gasteiger partial charge is 0.350 e. The Hall–Kier alpha value is -3.34. The fourth-order valence-corrected chi connectivity index (χ4v) is 4.45. The molecule has 0 unspecified atom stereocenters. The Kier molecular flexibility index (Phi) is 5.68. The number of carbonyl (C=O) groups is 1. The lowest BCUT2D eigenvalue weighted by molar-refractivity contribution is 0.0726. The Morgan fingerprint density at radius 1 is 1.12 bits per heavy atom. The normalized spacial score (nSPS) is 11.5. The van der Waals surface area contributed by atoms with Gasteiger partial charge in [0.1, 0.15) is 22.8 Å². The number of ether oxygens (including phenoxy) is 1. The lowest BCUT2D eigenvalue weighted by Gasteiger charge is -2.06. The van der Waals surface area contributed by atoms with Crippen LogP contribution in [-0.2, 0) is 10.0 Å². The number of esters is 1. The van der Waals surface area contributed by atoms with Crippen LogP contribution in [-0.4, -0.2) is 28.7 Å². The highest BCUT2D eigenvalue weighted by Crippen LogP contribution is 2.32. The number of nitrogens with zero attached hydrogens (tertiary/aromatic N) is 3. The van der Waals surface area contributed by atoms with Gasteiger partial charge in [0.05, 0.1) is 9.92 Å². The van der Waals surface area contributed by atoms with E-state index in [0.717, 1.165) is 6.07 Å². The molecule has 0 aliphatic rings. The molecule has 0 saturated heterocycles. The van der Waals surface area contributed by atoms with E-state index in [-0.39, 0.29) is 33.6 Å². The summed E-state index contributed by atoms with van der Waals surface area (Å²) < 4.78 is 36.6. The third-order valence-corrected chi connectivity index (χ3v) is 6.61. The number of carbonyl (C=O) groups excluding carboxylic acids is 1. The van der Waals surface area contributed by atoms with E-state index in [1.54, 1.807) is 24.3 Å². The van der Waals surface area contributed by atoms with Crippen molar-refractivity contribution in [2.75, 3.05) is 5.73 Å². The van der Waals surface area contributed by atoms with Crippen molar-refractivity contribution < 1.29 is 22.5 Å². The first-order valence-electron chi connectivity index (χ1n) is 8.98. The van der Waals surface area contributed by atoms with Crippen molar-refractivity contribution in [2.24, 2.45) is 0 Å². The zero-order chi connectivity index (χ0) is 23.0. The summed E-state index contributed by atoms with van der Waals surface area (Å²) in [5.41, 5.74) is 6.48. The van der Waals surface area contributed by atoms with Gasteiger partial charge in [-0.15, -0.1) is 9.19 Å². The molecule has 4 aromatic rings. The molecule has 0 fully saturated rings. The third-order valence-electron chi connectivity index (χ3n) is 4.41. The van der Waals surface area contributed by atoms with E-state index in [9.17, 15) is 13.2 Å². The van der Waals surface area contributed by atoms with Gasteiger partial charge in [0, 0.05) is 16.7 Å². The summed E-state index contributed by atoms with van der Waals surface area (Å²) in [4.78, 5) is 12.8. The van der Waals surface area contributed by atoms with Crippen molar-refractivity contribution in [3.05, 3.63) is 76.0 Å². The molecule has 0 bridgehead atoms.